The summed E-state index contributed by atoms with van der Waals surface area (Å²) in [5, 5.41) is 26.8. The van der Waals surface area contributed by atoms with E-state index in [1.165, 1.54) is 23.3 Å². The van der Waals surface area contributed by atoms with Gasteiger partial charge in [-0.25, -0.2) is 13.1 Å². The highest BCUT2D eigenvalue weighted by Gasteiger charge is 2.56. The molecule has 74 heavy (non-hydrogen) atoms. The third-order valence-electron chi connectivity index (χ3n) is 17.7. The van der Waals surface area contributed by atoms with Crippen molar-refractivity contribution in [2.24, 2.45) is 17.3 Å². The van der Waals surface area contributed by atoms with Gasteiger partial charge in [0.1, 0.15) is 23.1 Å². The molecule has 0 radical (unpaired) electrons. The number of anilines is 4. The number of piperidine rings is 1. The first-order valence-electron chi connectivity index (χ1n) is 26.7. The Bertz CT molecular complexity index is 3050. The zero-order valence-electron chi connectivity index (χ0n) is 43.1. The topological polar surface area (TPSA) is 205 Å². The number of amides is 1. The second-order valence-electron chi connectivity index (χ2n) is 22.6. The molecule has 6 heterocycles. The number of nitro benzene ring substituents is 1. The lowest BCUT2D eigenvalue weighted by molar-refractivity contribution is -0.384. The molecule has 2 aliphatic carbocycles. The lowest BCUT2D eigenvalue weighted by Crippen LogP contribution is -2.64. The van der Waals surface area contributed by atoms with Crippen molar-refractivity contribution in [2.75, 3.05) is 61.2 Å². The van der Waals surface area contributed by atoms with E-state index >= 15 is 0 Å². The van der Waals surface area contributed by atoms with Crippen LogP contribution in [0.25, 0.3) is 11.0 Å². The van der Waals surface area contributed by atoms with Gasteiger partial charge in [-0.05, 0) is 142 Å². The van der Waals surface area contributed by atoms with Crippen LogP contribution in [0.3, 0.4) is 0 Å². The van der Waals surface area contributed by atoms with Gasteiger partial charge in [-0.15, -0.1) is 0 Å². The molecule has 5 fully saturated rings. The predicted molar refractivity (Wildman–Crippen MR) is 284 cm³/mol. The first-order chi connectivity index (χ1) is 35.5. The van der Waals surface area contributed by atoms with Gasteiger partial charge >= 0.3 is 0 Å². The Hall–Kier alpha value is -5.79. The fraction of sp³-hybridized carbons (Fsp3) is 0.536. The average molecular weight is 1030 g/mol. The second kappa shape index (κ2) is 19.7. The van der Waals surface area contributed by atoms with Gasteiger partial charge in [-0.3, -0.25) is 19.8 Å². The lowest BCUT2D eigenvalue weighted by Gasteiger charge is -2.63. The van der Waals surface area contributed by atoms with Crippen LogP contribution in [-0.4, -0.2) is 115 Å². The van der Waals surface area contributed by atoms with Crippen molar-refractivity contribution in [2.45, 2.75) is 133 Å². The van der Waals surface area contributed by atoms with Crippen LogP contribution in [0.4, 0.5) is 28.4 Å². The number of hydrogen-bond donors (Lipinski definition) is 4. The van der Waals surface area contributed by atoms with Crippen molar-refractivity contribution in [3.8, 4) is 5.88 Å². The van der Waals surface area contributed by atoms with E-state index in [1.54, 1.807) is 6.07 Å². The number of hydrogen-bond acceptors (Lipinski definition) is 14. The van der Waals surface area contributed by atoms with Gasteiger partial charge in [0, 0.05) is 61.7 Å². The molecule has 5 aromatic rings. The normalized spacial score (nSPS) is 29.3. The number of aromatic nitrogens is 2. The molecule has 0 bridgehead atoms. The molecule has 2 saturated carbocycles. The summed E-state index contributed by atoms with van der Waals surface area (Å²) < 4.78 is 49.4. The van der Waals surface area contributed by atoms with Crippen LogP contribution in [0.1, 0.15) is 119 Å². The van der Waals surface area contributed by atoms with Crippen molar-refractivity contribution < 1.29 is 37.5 Å². The number of ether oxygens (including phenoxy) is 3. The van der Waals surface area contributed by atoms with Crippen molar-refractivity contribution in [3.05, 3.63) is 106 Å². The van der Waals surface area contributed by atoms with Gasteiger partial charge in [0.25, 0.3) is 21.6 Å². The Kier molecular flexibility index (Phi) is 13.4. The summed E-state index contributed by atoms with van der Waals surface area (Å²) in [4.78, 5) is 41.5. The Morgan fingerprint density at radius 3 is 2.51 bits per heavy atom. The number of rotatable bonds is 12. The van der Waals surface area contributed by atoms with E-state index < -0.39 is 43.1 Å². The van der Waals surface area contributed by atoms with Crippen LogP contribution in [0, 0.1) is 27.4 Å². The zero-order chi connectivity index (χ0) is 51.7. The molecule has 7 atom stereocenters. The summed E-state index contributed by atoms with van der Waals surface area (Å²) in [6, 6.07) is 22.6. The number of H-pyrrole nitrogens is 1. The lowest BCUT2D eigenvalue weighted by atomic mass is 9.52. The van der Waals surface area contributed by atoms with E-state index in [-0.39, 0.29) is 40.7 Å². The van der Waals surface area contributed by atoms with Crippen LogP contribution in [0.15, 0.2) is 83.9 Å². The second-order valence-corrected chi connectivity index (χ2v) is 24.3. The molecule has 6 aliphatic rings. The Morgan fingerprint density at radius 2 is 1.74 bits per heavy atom. The maximum Gasteiger partial charge on any atom is 0.293 e. The number of nitrogens with zero attached hydrogens (tertiary/aromatic N) is 5. The van der Waals surface area contributed by atoms with E-state index in [2.05, 4.69) is 81.7 Å². The number of benzene rings is 3. The summed E-state index contributed by atoms with van der Waals surface area (Å²) in [7, 11) is -4.63. The van der Waals surface area contributed by atoms with Crippen molar-refractivity contribution >= 4 is 55.4 Å². The number of nitro groups is 1. The fourth-order valence-electron chi connectivity index (χ4n) is 13.4. The van der Waals surface area contributed by atoms with Crippen molar-refractivity contribution in [3.63, 3.8) is 0 Å². The van der Waals surface area contributed by atoms with Gasteiger partial charge < -0.3 is 39.4 Å². The van der Waals surface area contributed by atoms with E-state index in [9.17, 15) is 28.4 Å². The quantitative estimate of drug-likeness (QED) is 0.0680. The molecule has 3 saturated heterocycles. The molecule has 2 aromatic heterocycles. The summed E-state index contributed by atoms with van der Waals surface area (Å²) >= 11 is 0. The van der Waals surface area contributed by atoms with Gasteiger partial charge in [0.15, 0.2) is 0 Å². The SMILES string of the molecule is CC(C)c1ccccc1[C@@H]1COCCN1[C@@H]1C[C@@]2(CCN(c3ccc(C(=O)NS(=O)(=O)c4ccc(NC[C@H]5CC[C@](C)(O)CC5)c([N+](=O)[O-])c4)c(N4c5cc6cc[nH]c6nc5O[C@H]5COCC[C@@H]54)c3)[C@H](C)C2)[C@@H]1C. The van der Waals surface area contributed by atoms with Gasteiger partial charge in [0.05, 0.1) is 58.6 Å². The molecule has 4 N–H and O–H groups in total. The van der Waals surface area contributed by atoms with Crippen LogP contribution in [0.2, 0.25) is 0 Å². The molecule has 18 heteroatoms. The predicted octanol–water partition coefficient (Wildman–Crippen LogP) is 9.21. The number of sulfonamides is 1. The molecule has 17 nitrogen and oxygen atoms in total. The molecular formula is C56H70N8O9S. The number of carbonyl (C=O) groups is 1. The Balaban J connectivity index is 0.886. The summed E-state index contributed by atoms with van der Waals surface area (Å²) in [5.41, 5.74) is 4.77. The number of aliphatic hydroxyl groups is 1. The molecule has 394 valence electrons. The number of morpholine rings is 1. The zero-order valence-corrected chi connectivity index (χ0v) is 43.9. The minimum absolute atomic E-state index is 0.111. The monoisotopic (exact) mass is 1030 g/mol. The van der Waals surface area contributed by atoms with Crippen molar-refractivity contribution in [1.29, 1.82) is 0 Å². The summed E-state index contributed by atoms with van der Waals surface area (Å²) in [6.07, 6.45) is 7.85. The molecule has 1 amide bonds. The van der Waals surface area contributed by atoms with Gasteiger partial charge in [-0.1, -0.05) is 45.0 Å². The number of carbonyl (C=O) groups excluding carboxylic acids is 1. The number of aromatic amines is 1. The van der Waals surface area contributed by atoms with E-state index in [1.807, 2.05) is 37.4 Å². The van der Waals surface area contributed by atoms with Crippen molar-refractivity contribution in [1.82, 2.24) is 19.6 Å². The first kappa shape index (κ1) is 50.4. The van der Waals surface area contributed by atoms with E-state index in [0.29, 0.717) is 86.4 Å². The molecule has 11 rings (SSSR count). The van der Waals surface area contributed by atoms with Crippen LogP contribution in [0.5, 0.6) is 5.88 Å². The maximum atomic E-state index is 14.8. The first-order valence-corrected chi connectivity index (χ1v) is 28.1. The van der Waals surface area contributed by atoms with Crippen LogP contribution in [-0.2, 0) is 19.5 Å². The minimum Gasteiger partial charge on any atom is -0.468 e. The fourth-order valence-corrected chi connectivity index (χ4v) is 14.4. The molecule has 3 aromatic carbocycles. The van der Waals surface area contributed by atoms with Crippen LogP contribution < -0.4 is 24.6 Å². The Labute approximate surface area is 433 Å². The highest BCUT2D eigenvalue weighted by atomic mass is 32.2. The number of pyridine rings is 1. The van der Waals surface area contributed by atoms with Gasteiger partial charge in [0.2, 0.25) is 5.88 Å². The minimum atomic E-state index is -4.63. The molecular weight excluding hydrogens is 961 g/mol. The Morgan fingerprint density at radius 1 is 0.946 bits per heavy atom. The standard InChI is InChI=1S/C56H70N8O9S/c1-34(2)41-8-6-7-9-42(41)50-32-72-25-23-62(50)49-30-56(36(49)4)20-22-61(35(3)29-56)39-10-12-43(46(27-39)63-45-17-24-71-33-51(45)73-54-48(63)26-38-16-21-57-52(38)59-54)53(65)60-74(69,70)40-11-13-44(47(28-40)64(67)68)58-31-37-14-18-55(5,66)19-15-37/h6-13,16,21,26-28,34-37,45,49-51,58,66H,14-15,17-20,22-25,29-33H2,1-5H3,(H,57,59)(H,60,65)/t35-,36-,37-,45+,49-,50+,51+,55-,56+/m1/s1. The molecule has 1 spiro atoms. The summed E-state index contributed by atoms with van der Waals surface area (Å²) in [5.74, 6) is 0.574. The van der Waals surface area contributed by atoms with E-state index in [4.69, 9.17) is 19.2 Å². The largest absolute Gasteiger partial charge is 0.468 e. The van der Waals surface area contributed by atoms with Crippen LogP contribution >= 0.6 is 0 Å². The third-order valence-corrected chi connectivity index (χ3v) is 19.0. The highest BCUT2D eigenvalue weighted by molar-refractivity contribution is 7.90. The number of fused-ring (bicyclic) bond motifs is 3. The molecule has 4 aliphatic heterocycles. The number of nitrogens with one attached hydrogen (secondary N) is 3. The summed E-state index contributed by atoms with van der Waals surface area (Å²) in [6.45, 7) is 15.4. The molecule has 0 unspecified atom stereocenters. The highest BCUT2D eigenvalue weighted by Crippen LogP contribution is 2.58. The smallest absolute Gasteiger partial charge is 0.293 e. The van der Waals surface area contributed by atoms with Gasteiger partial charge in [-0.2, -0.15) is 4.98 Å². The maximum absolute atomic E-state index is 14.8. The third kappa shape index (κ3) is 9.38. The van der Waals surface area contributed by atoms with E-state index in [0.717, 1.165) is 68.9 Å². The average Bonchev–Trinajstić information content (AvgIpc) is 3.86.